The van der Waals surface area contributed by atoms with Crippen LogP contribution in [0.5, 0.6) is 11.5 Å². The van der Waals surface area contributed by atoms with E-state index in [-0.39, 0.29) is 12.5 Å². The Morgan fingerprint density at radius 1 is 1.52 bits per heavy atom. The van der Waals surface area contributed by atoms with Crippen molar-refractivity contribution in [1.82, 2.24) is 4.90 Å². The summed E-state index contributed by atoms with van der Waals surface area (Å²) in [7, 11) is 1.60. The number of rotatable bonds is 3. The lowest BCUT2D eigenvalue weighted by atomic mass is 9.73. The third-order valence-corrected chi connectivity index (χ3v) is 4.72. The average Bonchev–Trinajstić information content (AvgIpc) is 2.95. The van der Waals surface area contributed by atoms with Crippen LogP contribution < -0.4 is 9.47 Å². The molecular formula is C18H21NO4. The summed E-state index contributed by atoms with van der Waals surface area (Å²) in [5.41, 5.74) is 0.0109. The molecule has 1 aromatic carbocycles. The molecule has 5 heteroatoms. The van der Waals surface area contributed by atoms with Crippen molar-refractivity contribution in [1.29, 1.82) is 0 Å². The highest BCUT2D eigenvalue weighted by Gasteiger charge is 2.56. The number of hydrogen-bond acceptors (Lipinski definition) is 4. The number of aliphatic carboxylic acids is 1. The van der Waals surface area contributed by atoms with Gasteiger partial charge >= 0.3 is 5.97 Å². The molecule has 2 heterocycles. The van der Waals surface area contributed by atoms with Gasteiger partial charge in [-0.05, 0) is 6.07 Å². The summed E-state index contributed by atoms with van der Waals surface area (Å²) in [6, 6.07) is 5.67. The molecule has 2 aliphatic rings. The smallest absolute Gasteiger partial charge is 0.315 e. The predicted molar refractivity (Wildman–Crippen MR) is 85.8 cm³/mol. The monoisotopic (exact) mass is 315 g/mol. The van der Waals surface area contributed by atoms with Crippen molar-refractivity contribution in [3.8, 4) is 23.3 Å². The number of carbonyl (C=O) groups is 1. The van der Waals surface area contributed by atoms with Crippen molar-refractivity contribution in [2.75, 3.05) is 33.4 Å². The molecule has 0 amide bonds. The molecule has 1 aromatic rings. The second-order valence-corrected chi connectivity index (χ2v) is 6.06. The lowest BCUT2D eigenvalue weighted by molar-refractivity contribution is -0.151. The molecule has 0 bridgehead atoms. The van der Waals surface area contributed by atoms with Crippen LogP contribution in [0, 0.1) is 17.3 Å². The average molecular weight is 315 g/mol. The first kappa shape index (κ1) is 15.7. The maximum absolute atomic E-state index is 12.0. The lowest BCUT2D eigenvalue weighted by Crippen LogP contribution is -2.45. The SMILES string of the molecule is CCC#CCN1C[C@H]2c3cccc(OC)c3OC[C@@]2(C(=O)O)C1. The molecule has 23 heavy (non-hydrogen) atoms. The van der Waals surface area contributed by atoms with Crippen molar-refractivity contribution in [3.63, 3.8) is 0 Å². The van der Waals surface area contributed by atoms with Crippen LogP contribution in [0.2, 0.25) is 0 Å². The van der Waals surface area contributed by atoms with Gasteiger partial charge in [0.05, 0.1) is 13.7 Å². The second kappa shape index (κ2) is 6.13. The minimum atomic E-state index is -0.909. The van der Waals surface area contributed by atoms with Crippen LogP contribution in [0.3, 0.4) is 0 Å². The summed E-state index contributed by atoms with van der Waals surface area (Å²) in [5, 5.41) is 9.87. The molecule has 2 aliphatic heterocycles. The first-order chi connectivity index (χ1) is 11.1. The Morgan fingerprint density at radius 3 is 3.04 bits per heavy atom. The third-order valence-electron chi connectivity index (χ3n) is 4.72. The molecule has 0 radical (unpaired) electrons. The molecule has 0 aromatic heterocycles. The van der Waals surface area contributed by atoms with E-state index in [2.05, 4.69) is 16.7 Å². The number of likely N-dealkylation sites (tertiary alicyclic amines) is 1. The quantitative estimate of drug-likeness (QED) is 0.864. The number of ether oxygens (including phenoxy) is 2. The van der Waals surface area contributed by atoms with E-state index in [1.807, 2.05) is 25.1 Å². The Hall–Kier alpha value is -2.19. The number of nitrogens with zero attached hydrogens (tertiary/aromatic N) is 1. The molecule has 1 saturated heterocycles. The number of carboxylic acids is 1. The van der Waals surface area contributed by atoms with Gasteiger partial charge < -0.3 is 14.6 Å². The van der Waals surface area contributed by atoms with Gasteiger partial charge in [-0.2, -0.15) is 0 Å². The fraction of sp³-hybridized carbons (Fsp3) is 0.500. The molecule has 5 nitrogen and oxygen atoms in total. The first-order valence-electron chi connectivity index (χ1n) is 7.83. The molecule has 1 fully saturated rings. The number of hydrogen-bond donors (Lipinski definition) is 1. The number of fused-ring (bicyclic) bond motifs is 3. The van der Waals surface area contributed by atoms with Gasteiger partial charge in [0.1, 0.15) is 12.0 Å². The second-order valence-electron chi connectivity index (χ2n) is 6.06. The molecule has 0 aliphatic carbocycles. The van der Waals surface area contributed by atoms with E-state index in [1.165, 1.54) is 0 Å². The summed E-state index contributed by atoms with van der Waals surface area (Å²) < 4.78 is 11.2. The van der Waals surface area contributed by atoms with Crippen LogP contribution in [-0.2, 0) is 4.79 Å². The van der Waals surface area contributed by atoms with Gasteiger partial charge in [0.15, 0.2) is 11.5 Å². The Kier molecular flexibility index (Phi) is 4.18. The van der Waals surface area contributed by atoms with Crippen molar-refractivity contribution < 1.29 is 19.4 Å². The minimum Gasteiger partial charge on any atom is -0.493 e. The van der Waals surface area contributed by atoms with Crippen LogP contribution >= 0.6 is 0 Å². The van der Waals surface area contributed by atoms with Crippen LogP contribution in [-0.4, -0.2) is 49.3 Å². The van der Waals surface area contributed by atoms with Crippen molar-refractivity contribution >= 4 is 5.97 Å². The summed E-state index contributed by atoms with van der Waals surface area (Å²) in [4.78, 5) is 14.1. The largest absolute Gasteiger partial charge is 0.493 e. The van der Waals surface area contributed by atoms with E-state index < -0.39 is 11.4 Å². The van der Waals surface area contributed by atoms with E-state index in [4.69, 9.17) is 9.47 Å². The third kappa shape index (κ3) is 2.53. The molecule has 0 spiro atoms. The Balaban J connectivity index is 1.97. The van der Waals surface area contributed by atoms with Crippen LogP contribution in [0.25, 0.3) is 0 Å². The number of carboxylic acid groups (broad SMARTS) is 1. The fourth-order valence-electron chi connectivity index (χ4n) is 3.56. The zero-order valence-electron chi connectivity index (χ0n) is 13.5. The van der Waals surface area contributed by atoms with Gasteiger partial charge in [0.2, 0.25) is 0 Å². The molecular weight excluding hydrogens is 294 g/mol. The van der Waals surface area contributed by atoms with Crippen LogP contribution in [0.4, 0.5) is 0 Å². The van der Waals surface area contributed by atoms with E-state index in [9.17, 15) is 9.90 Å². The first-order valence-corrected chi connectivity index (χ1v) is 7.83. The summed E-state index contributed by atoms with van der Waals surface area (Å²) in [6.07, 6.45) is 0.810. The van der Waals surface area contributed by atoms with Gasteiger partial charge in [-0.15, -0.1) is 5.92 Å². The van der Waals surface area contributed by atoms with Gasteiger partial charge in [0, 0.05) is 31.0 Å². The fourth-order valence-corrected chi connectivity index (χ4v) is 3.56. The highest BCUT2D eigenvalue weighted by atomic mass is 16.5. The van der Waals surface area contributed by atoms with E-state index in [1.54, 1.807) is 7.11 Å². The summed E-state index contributed by atoms with van der Waals surface area (Å²) in [5.74, 6) is 6.58. The molecule has 2 atom stereocenters. The maximum Gasteiger partial charge on any atom is 0.315 e. The molecule has 0 unspecified atom stereocenters. The van der Waals surface area contributed by atoms with Crippen molar-refractivity contribution in [2.45, 2.75) is 19.3 Å². The van der Waals surface area contributed by atoms with E-state index in [0.717, 1.165) is 12.0 Å². The van der Waals surface area contributed by atoms with E-state index >= 15 is 0 Å². The topological polar surface area (TPSA) is 59.0 Å². The highest BCUT2D eigenvalue weighted by Crippen LogP contribution is 2.52. The number of methoxy groups -OCH3 is 1. The Labute approximate surface area is 136 Å². The number of benzene rings is 1. The zero-order valence-corrected chi connectivity index (χ0v) is 13.5. The highest BCUT2D eigenvalue weighted by molar-refractivity contribution is 5.79. The van der Waals surface area contributed by atoms with Gasteiger partial charge in [-0.3, -0.25) is 9.69 Å². The minimum absolute atomic E-state index is 0.109. The van der Waals surface area contributed by atoms with Crippen molar-refractivity contribution in [3.05, 3.63) is 23.8 Å². The molecule has 0 saturated carbocycles. The summed E-state index contributed by atoms with van der Waals surface area (Å²) >= 11 is 0. The number of para-hydroxylation sites is 1. The maximum atomic E-state index is 12.0. The van der Waals surface area contributed by atoms with Gasteiger partial charge in [-0.25, -0.2) is 0 Å². The lowest BCUT2D eigenvalue weighted by Gasteiger charge is -2.36. The zero-order chi connectivity index (χ0) is 16.4. The van der Waals surface area contributed by atoms with Gasteiger partial charge in [-0.1, -0.05) is 25.0 Å². The predicted octanol–water partition coefficient (Wildman–Crippen LogP) is 1.97. The summed E-state index contributed by atoms with van der Waals surface area (Å²) in [6.45, 7) is 3.90. The van der Waals surface area contributed by atoms with Crippen LogP contribution in [0.15, 0.2) is 18.2 Å². The van der Waals surface area contributed by atoms with Gasteiger partial charge in [0.25, 0.3) is 0 Å². The molecule has 122 valence electrons. The Morgan fingerprint density at radius 2 is 2.35 bits per heavy atom. The normalized spacial score (nSPS) is 25.6. The Bertz CT molecular complexity index is 675. The van der Waals surface area contributed by atoms with Crippen LogP contribution in [0.1, 0.15) is 24.8 Å². The van der Waals surface area contributed by atoms with E-state index in [0.29, 0.717) is 31.1 Å². The molecule has 1 N–H and O–H groups in total. The standard InChI is InChI=1S/C18H21NO4/c1-3-4-5-9-19-10-14-13-7-6-8-15(22-2)16(13)23-12-18(14,11-19)17(20)21/h6-8,14H,3,9-12H2,1-2H3,(H,20,21)/t14-,18-/m0/s1. The van der Waals surface area contributed by atoms with Crippen molar-refractivity contribution in [2.24, 2.45) is 5.41 Å². The molecule has 3 rings (SSSR count).